The van der Waals surface area contributed by atoms with Crippen LogP contribution in [0.5, 0.6) is 0 Å². The van der Waals surface area contributed by atoms with Crippen LogP contribution in [0.1, 0.15) is 22.3 Å². The third-order valence-corrected chi connectivity index (χ3v) is 5.74. The van der Waals surface area contributed by atoms with Crippen LogP contribution < -0.4 is 11.2 Å². The van der Waals surface area contributed by atoms with Crippen LogP contribution in [-0.2, 0) is 6.54 Å². The number of aryl methyl sites for hydroxylation is 3. The molecule has 27 heavy (non-hydrogen) atoms. The lowest BCUT2D eigenvalue weighted by atomic mass is 10.1. The minimum atomic E-state index is -0.308. The number of rotatable bonds is 3. The molecule has 0 radical (unpaired) electrons. The maximum absolute atomic E-state index is 13.3. The van der Waals surface area contributed by atoms with E-state index in [0.29, 0.717) is 22.4 Å². The van der Waals surface area contributed by atoms with Crippen molar-refractivity contribution in [1.82, 2.24) is 9.13 Å². The molecule has 0 aliphatic rings. The van der Waals surface area contributed by atoms with E-state index >= 15 is 0 Å². The molecule has 0 amide bonds. The molecule has 0 fully saturated rings. The maximum Gasteiger partial charge on any atom is 0.336 e. The summed E-state index contributed by atoms with van der Waals surface area (Å²) in [5.41, 5.74) is 5.10. The molecule has 2 heterocycles. The fourth-order valence-electron chi connectivity index (χ4n) is 3.38. The van der Waals surface area contributed by atoms with Crippen LogP contribution >= 0.6 is 11.3 Å². The van der Waals surface area contributed by atoms with Crippen molar-refractivity contribution in [2.45, 2.75) is 27.3 Å². The van der Waals surface area contributed by atoms with Gasteiger partial charge in [0.05, 0.1) is 17.7 Å². The van der Waals surface area contributed by atoms with Gasteiger partial charge in [-0.3, -0.25) is 9.36 Å². The summed E-state index contributed by atoms with van der Waals surface area (Å²) in [6.07, 6.45) is 0. The van der Waals surface area contributed by atoms with Crippen molar-refractivity contribution in [3.63, 3.8) is 0 Å². The maximum atomic E-state index is 13.3. The van der Waals surface area contributed by atoms with Gasteiger partial charge in [-0.1, -0.05) is 35.9 Å². The summed E-state index contributed by atoms with van der Waals surface area (Å²) in [6, 6.07) is 15.6. The number of hydrogen-bond donors (Lipinski definition) is 0. The largest absolute Gasteiger partial charge is 0.336 e. The molecule has 0 aliphatic heterocycles. The van der Waals surface area contributed by atoms with E-state index in [1.165, 1.54) is 15.9 Å². The van der Waals surface area contributed by atoms with Gasteiger partial charge >= 0.3 is 5.69 Å². The van der Waals surface area contributed by atoms with E-state index < -0.39 is 0 Å². The van der Waals surface area contributed by atoms with Gasteiger partial charge in [0.2, 0.25) is 0 Å². The number of nitrogens with zero attached hydrogens (tertiary/aromatic N) is 2. The predicted octanol–water partition coefficient (Wildman–Crippen LogP) is 4.19. The van der Waals surface area contributed by atoms with Crippen molar-refractivity contribution < 1.29 is 0 Å². The Morgan fingerprint density at radius 1 is 0.926 bits per heavy atom. The molecule has 0 bridgehead atoms. The molecule has 0 atom stereocenters. The smallest absolute Gasteiger partial charge is 0.288 e. The highest BCUT2D eigenvalue weighted by Gasteiger charge is 2.16. The lowest BCUT2D eigenvalue weighted by Gasteiger charge is -2.14. The minimum Gasteiger partial charge on any atom is -0.288 e. The summed E-state index contributed by atoms with van der Waals surface area (Å²) >= 11 is 1.37. The van der Waals surface area contributed by atoms with Crippen molar-refractivity contribution >= 4 is 21.6 Å². The van der Waals surface area contributed by atoms with E-state index in [1.807, 2.05) is 50.4 Å². The Morgan fingerprint density at radius 2 is 1.70 bits per heavy atom. The first-order valence-corrected chi connectivity index (χ1v) is 9.70. The quantitative estimate of drug-likeness (QED) is 0.538. The Kier molecular flexibility index (Phi) is 4.32. The molecule has 0 aliphatic carbocycles. The number of benzene rings is 2. The second-order valence-electron chi connectivity index (χ2n) is 6.91. The van der Waals surface area contributed by atoms with E-state index in [1.54, 1.807) is 10.6 Å². The van der Waals surface area contributed by atoms with Crippen molar-refractivity contribution in [1.29, 1.82) is 0 Å². The first-order chi connectivity index (χ1) is 13.0. The lowest BCUT2D eigenvalue weighted by Crippen LogP contribution is -2.38. The first-order valence-electron chi connectivity index (χ1n) is 8.82. The first kappa shape index (κ1) is 17.5. The number of aromatic nitrogens is 2. The molecule has 2 aromatic carbocycles. The summed E-state index contributed by atoms with van der Waals surface area (Å²) in [5.74, 6) is 0. The predicted molar refractivity (Wildman–Crippen MR) is 111 cm³/mol. The monoisotopic (exact) mass is 376 g/mol. The van der Waals surface area contributed by atoms with Gasteiger partial charge in [-0.2, -0.15) is 0 Å². The molecule has 0 spiro atoms. The van der Waals surface area contributed by atoms with Gasteiger partial charge < -0.3 is 0 Å². The van der Waals surface area contributed by atoms with Gasteiger partial charge in [0, 0.05) is 0 Å². The zero-order valence-corrected chi connectivity index (χ0v) is 16.3. The highest BCUT2D eigenvalue weighted by Crippen LogP contribution is 2.19. The summed E-state index contributed by atoms with van der Waals surface area (Å²) < 4.78 is 3.59. The van der Waals surface area contributed by atoms with E-state index in [-0.39, 0.29) is 11.2 Å². The van der Waals surface area contributed by atoms with Crippen LogP contribution in [-0.4, -0.2) is 9.13 Å². The van der Waals surface area contributed by atoms with E-state index in [2.05, 4.69) is 18.2 Å². The molecule has 4 aromatic rings. The van der Waals surface area contributed by atoms with Crippen molar-refractivity contribution in [3.05, 3.63) is 97.0 Å². The molecule has 0 N–H and O–H groups in total. The molecule has 4 nitrogen and oxygen atoms in total. The van der Waals surface area contributed by atoms with Gasteiger partial charge in [-0.05, 0) is 61.0 Å². The molecular formula is C22H20N2O2S. The summed E-state index contributed by atoms with van der Waals surface area (Å²) in [7, 11) is 0. The Hall–Kier alpha value is -2.92. The van der Waals surface area contributed by atoms with Crippen molar-refractivity contribution in [2.75, 3.05) is 0 Å². The van der Waals surface area contributed by atoms with Gasteiger partial charge in [-0.25, -0.2) is 9.36 Å². The zero-order chi connectivity index (χ0) is 19.1. The Labute approximate surface area is 161 Å². The molecule has 0 unspecified atom stereocenters. The van der Waals surface area contributed by atoms with Gasteiger partial charge in [0.15, 0.2) is 0 Å². The third kappa shape index (κ3) is 3.04. The standard InChI is InChI=1S/C22H20N2O2S/c1-14-5-4-6-18(12-14)24-21(25)20-19(9-10-27-20)23(22(24)26)13-17-11-15(2)7-8-16(17)3/h4-12H,13H2,1-3H3. The average molecular weight is 376 g/mol. The lowest BCUT2D eigenvalue weighted by molar-refractivity contribution is 0.713. The summed E-state index contributed by atoms with van der Waals surface area (Å²) in [5, 5.41) is 1.87. The fraction of sp³-hybridized carbons (Fsp3) is 0.182. The topological polar surface area (TPSA) is 44.0 Å². The normalized spacial score (nSPS) is 11.2. The van der Waals surface area contributed by atoms with E-state index in [0.717, 1.165) is 22.3 Å². The molecule has 0 saturated carbocycles. The number of fused-ring (bicyclic) bond motifs is 1. The second-order valence-corrected chi connectivity index (χ2v) is 7.83. The molecule has 2 aromatic heterocycles. The Bertz CT molecular complexity index is 1280. The van der Waals surface area contributed by atoms with E-state index in [9.17, 15) is 9.59 Å². The van der Waals surface area contributed by atoms with Gasteiger partial charge in [0.25, 0.3) is 5.56 Å². The molecular weight excluding hydrogens is 356 g/mol. The molecule has 4 rings (SSSR count). The number of thiophene rings is 1. The minimum absolute atomic E-state index is 0.257. The molecule has 5 heteroatoms. The van der Waals surface area contributed by atoms with Crippen LogP contribution in [0.2, 0.25) is 0 Å². The fourth-order valence-corrected chi connectivity index (χ4v) is 4.20. The van der Waals surface area contributed by atoms with Crippen LogP contribution in [0, 0.1) is 20.8 Å². The van der Waals surface area contributed by atoms with E-state index in [4.69, 9.17) is 0 Å². The van der Waals surface area contributed by atoms with Crippen LogP contribution in [0.4, 0.5) is 0 Å². The zero-order valence-electron chi connectivity index (χ0n) is 15.5. The van der Waals surface area contributed by atoms with Crippen LogP contribution in [0.3, 0.4) is 0 Å². The average Bonchev–Trinajstić information content (AvgIpc) is 3.12. The second kappa shape index (κ2) is 6.67. The van der Waals surface area contributed by atoms with Gasteiger partial charge in [0.1, 0.15) is 4.70 Å². The Balaban J connectivity index is 2.01. The molecule has 0 saturated heterocycles. The SMILES string of the molecule is Cc1cccc(-n2c(=O)c3sccc3n(Cc3cc(C)ccc3C)c2=O)c1. The Morgan fingerprint density at radius 3 is 2.48 bits per heavy atom. The highest BCUT2D eigenvalue weighted by atomic mass is 32.1. The highest BCUT2D eigenvalue weighted by molar-refractivity contribution is 7.17. The van der Waals surface area contributed by atoms with Crippen LogP contribution in [0.15, 0.2) is 63.5 Å². The summed E-state index contributed by atoms with van der Waals surface area (Å²) in [4.78, 5) is 26.4. The van der Waals surface area contributed by atoms with Crippen molar-refractivity contribution in [3.8, 4) is 5.69 Å². The van der Waals surface area contributed by atoms with Crippen molar-refractivity contribution in [2.24, 2.45) is 0 Å². The number of hydrogen-bond acceptors (Lipinski definition) is 3. The van der Waals surface area contributed by atoms with Gasteiger partial charge in [-0.15, -0.1) is 11.3 Å². The third-order valence-electron chi connectivity index (χ3n) is 4.85. The summed E-state index contributed by atoms with van der Waals surface area (Å²) in [6.45, 7) is 6.47. The molecule has 136 valence electrons. The van der Waals surface area contributed by atoms with Crippen LogP contribution in [0.25, 0.3) is 15.9 Å².